The maximum atomic E-state index is 4.31. The van der Waals surface area contributed by atoms with Gasteiger partial charge in [0.25, 0.3) is 0 Å². The van der Waals surface area contributed by atoms with E-state index in [1.807, 2.05) is 12.3 Å². The summed E-state index contributed by atoms with van der Waals surface area (Å²) >= 11 is 0. The number of allylic oxidation sites excluding steroid dienone is 2. The molecule has 3 rings (SSSR count). The van der Waals surface area contributed by atoms with Crippen molar-refractivity contribution < 1.29 is 0 Å². The molecular weight excluding hydrogens is 398 g/mol. The van der Waals surface area contributed by atoms with E-state index in [-0.39, 0.29) is 0 Å². The highest BCUT2D eigenvalue weighted by molar-refractivity contribution is 5.57. The standard InChI is InChI=1S/C12H14.C11H17N.C9H12/c1-4-10(2)9-12-8-6-5-7-11(12)3;1-4-6-11-9(3)12-8-7-10(11)5-2;1-3-9-6-4-8(2)5-7-9/h4-9H,1H2,2-3H3;7-8H,4-6H2,1-3H3;4-7H,3H2,1-2H3/b10-9-;;. The maximum Gasteiger partial charge on any atom is 0.0407 e. The van der Waals surface area contributed by atoms with E-state index in [2.05, 4.69) is 121 Å². The van der Waals surface area contributed by atoms with Crippen LogP contribution in [0.15, 0.2) is 79.0 Å². The maximum absolute atomic E-state index is 4.31. The van der Waals surface area contributed by atoms with Crippen molar-refractivity contribution in [3.63, 3.8) is 0 Å². The van der Waals surface area contributed by atoms with E-state index in [0.29, 0.717) is 0 Å². The number of aromatic nitrogens is 1. The van der Waals surface area contributed by atoms with Crippen molar-refractivity contribution in [2.45, 2.75) is 74.1 Å². The number of hydrogen-bond acceptors (Lipinski definition) is 1. The molecule has 1 aromatic heterocycles. The lowest BCUT2D eigenvalue weighted by Gasteiger charge is -2.08. The number of hydrogen-bond donors (Lipinski definition) is 0. The Balaban J connectivity index is 0.000000250. The Morgan fingerprint density at radius 3 is 2.09 bits per heavy atom. The fourth-order valence-electron chi connectivity index (χ4n) is 3.45. The molecule has 0 aliphatic carbocycles. The molecular formula is C32H43N. The van der Waals surface area contributed by atoms with Gasteiger partial charge in [-0.3, -0.25) is 4.98 Å². The van der Waals surface area contributed by atoms with E-state index >= 15 is 0 Å². The molecule has 0 radical (unpaired) electrons. The molecule has 0 aliphatic heterocycles. The van der Waals surface area contributed by atoms with Crippen LogP contribution in [0.1, 0.15) is 73.2 Å². The summed E-state index contributed by atoms with van der Waals surface area (Å²) in [5.74, 6) is 0. The van der Waals surface area contributed by atoms with Crippen LogP contribution < -0.4 is 0 Å². The molecule has 3 aromatic rings. The molecule has 1 nitrogen and oxygen atoms in total. The highest BCUT2D eigenvalue weighted by Gasteiger charge is 2.02. The van der Waals surface area contributed by atoms with Crippen LogP contribution in [-0.2, 0) is 19.3 Å². The molecule has 0 N–H and O–H groups in total. The number of rotatable bonds is 6. The third-order valence-corrected chi connectivity index (χ3v) is 5.67. The Morgan fingerprint density at radius 2 is 1.55 bits per heavy atom. The highest BCUT2D eigenvalue weighted by atomic mass is 14.7. The summed E-state index contributed by atoms with van der Waals surface area (Å²) in [5, 5.41) is 0. The Kier molecular flexibility index (Phi) is 13.5. The van der Waals surface area contributed by atoms with Crippen LogP contribution in [0.5, 0.6) is 0 Å². The quantitative estimate of drug-likeness (QED) is 0.348. The van der Waals surface area contributed by atoms with Crippen LogP contribution in [0.4, 0.5) is 0 Å². The van der Waals surface area contributed by atoms with Gasteiger partial charge in [0.1, 0.15) is 0 Å². The summed E-state index contributed by atoms with van der Waals surface area (Å²) in [6.07, 6.45) is 10.6. The van der Waals surface area contributed by atoms with Crippen LogP contribution in [0.25, 0.3) is 6.08 Å². The average molecular weight is 442 g/mol. The third-order valence-electron chi connectivity index (χ3n) is 5.67. The third kappa shape index (κ3) is 10.5. The summed E-state index contributed by atoms with van der Waals surface area (Å²) in [4.78, 5) is 4.31. The minimum Gasteiger partial charge on any atom is -0.261 e. The second-order valence-corrected chi connectivity index (χ2v) is 8.43. The summed E-state index contributed by atoms with van der Waals surface area (Å²) in [7, 11) is 0. The van der Waals surface area contributed by atoms with Crippen LogP contribution >= 0.6 is 0 Å². The van der Waals surface area contributed by atoms with Gasteiger partial charge in [-0.2, -0.15) is 0 Å². The summed E-state index contributed by atoms with van der Waals surface area (Å²) in [6, 6.07) is 19.1. The molecule has 2 aromatic carbocycles. The molecule has 0 bridgehead atoms. The van der Waals surface area contributed by atoms with Gasteiger partial charge >= 0.3 is 0 Å². The van der Waals surface area contributed by atoms with E-state index in [1.54, 1.807) is 0 Å². The first-order chi connectivity index (χ1) is 15.9. The van der Waals surface area contributed by atoms with Crippen LogP contribution in [-0.4, -0.2) is 4.98 Å². The molecule has 0 saturated heterocycles. The van der Waals surface area contributed by atoms with Gasteiger partial charge in [-0.1, -0.05) is 106 Å². The molecule has 0 amide bonds. The van der Waals surface area contributed by atoms with Gasteiger partial charge in [-0.25, -0.2) is 0 Å². The molecule has 1 heteroatoms. The zero-order valence-electron chi connectivity index (χ0n) is 21.9. The van der Waals surface area contributed by atoms with Crippen molar-refractivity contribution >= 4 is 6.08 Å². The van der Waals surface area contributed by atoms with Crippen LogP contribution in [0, 0.1) is 20.8 Å². The van der Waals surface area contributed by atoms with Crippen LogP contribution in [0.3, 0.4) is 0 Å². The van der Waals surface area contributed by atoms with Crippen molar-refractivity contribution in [3.05, 3.63) is 118 Å². The molecule has 0 saturated carbocycles. The average Bonchev–Trinajstić information content (AvgIpc) is 2.83. The normalized spacial score (nSPS) is 10.5. The summed E-state index contributed by atoms with van der Waals surface area (Å²) < 4.78 is 0. The Bertz CT molecular complexity index is 993. The van der Waals surface area contributed by atoms with Gasteiger partial charge in [-0.05, 0) is 80.8 Å². The lowest BCUT2D eigenvalue weighted by Crippen LogP contribution is -1.97. The Morgan fingerprint density at radius 1 is 0.879 bits per heavy atom. The highest BCUT2D eigenvalue weighted by Crippen LogP contribution is 2.14. The van der Waals surface area contributed by atoms with E-state index in [0.717, 1.165) is 12.8 Å². The number of benzene rings is 2. The molecule has 33 heavy (non-hydrogen) atoms. The van der Waals surface area contributed by atoms with Crippen molar-refractivity contribution in [2.75, 3.05) is 0 Å². The molecule has 0 fully saturated rings. The fourth-order valence-corrected chi connectivity index (χ4v) is 3.45. The van der Waals surface area contributed by atoms with Gasteiger partial charge in [0, 0.05) is 11.9 Å². The lowest BCUT2D eigenvalue weighted by molar-refractivity contribution is 0.873. The smallest absolute Gasteiger partial charge is 0.0407 e. The molecule has 0 spiro atoms. The van der Waals surface area contributed by atoms with Crippen molar-refractivity contribution in [3.8, 4) is 0 Å². The molecule has 0 unspecified atom stereocenters. The van der Waals surface area contributed by atoms with Gasteiger partial charge in [0.15, 0.2) is 0 Å². The van der Waals surface area contributed by atoms with E-state index in [9.17, 15) is 0 Å². The summed E-state index contributed by atoms with van der Waals surface area (Å²) in [6.45, 7) is 18.7. The Hall–Kier alpha value is -2.93. The van der Waals surface area contributed by atoms with Gasteiger partial charge < -0.3 is 0 Å². The number of nitrogens with zero attached hydrogens (tertiary/aromatic N) is 1. The van der Waals surface area contributed by atoms with Gasteiger partial charge in [-0.15, -0.1) is 0 Å². The monoisotopic (exact) mass is 441 g/mol. The molecule has 0 aliphatic rings. The molecule has 1 heterocycles. The van der Waals surface area contributed by atoms with Crippen LogP contribution in [0.2, 0.25) is 0 Å². The lowest BCUT2D eigenvalue weighted by atomic mass is 10.0. The predicted molar refractivity (Wildman–Crippen MR) is 148 cm³/mol. The molecule has 0 atom stereocenters. The first-order valence-corrected chi connectivity index (χ1v) is 12.2. The summed E-state index contributed by atoms with van der Waals surface area (Å²) in [5.41, 5.74) is 10.7. The SMILES string of the molecule is C=C/C(C)=C\c1ccccc1C.CCCc1c(CC)ccnc1C.CCc1ccc(C)cc1. The van der Waals surface area contributed by atoms with E-state index in [4.69, 9.17) is 0 Å². The Labute approximate surface area is 203 Å². The van der Waals surface area contributed by atoms with Crippen molar-refractivity contribution in [1.82, 2.24) is 4.98 Å². The van der Waals surface area contributed by atoms with E-state index in [1.165, 1.54) is 57.5 Å². The van der Waals surface area contributed by atoms with Gasteiger partial charge in [0.05, 0.1) is 0 Å². The minimum atomic E-state index is 1.12. The fraction of sp³-hybridized carbons (Fsp3) is 0.344. The van der Waals surface area contributed by atoms with Gasteiger partial charge in [0.2, 0.25) is 0 Å². The largest absolute Gasteiger partial charge is 0.261 e. The zero-order chi connectivity index (χ0) is 24.6. The van der Waals surface area contributed by atoms with Crippen molar-refractivity contribution in [2.24, 2.45) is 0 Å². The zero-order valence-corrected chi connectivity index (χ0v) is 21.9. The number of aryl methyl sites for hydroxylation is 5. The second kappa shape index (κ2) is 15.8. The minimum absolute atomic E-state index is 1.12. The predicted octanol–water partition coefficient (Wildman–Crippen LogP) is 9.05. The van der Waals surface area contributed by atoms with Crippen molar-refractivity contribution in [1.29, 1.82) is 0 Å². The first-order valence-electron chi connectivity index (χ1n) is 12.2. The topological polar surface area (TPSA) is 12.9 Å². The second-order valence-electron chi connectivity index (χ2n) is 8.43. The molecule has 176 valence electrons. The first kappa shape index (κ1) is 28.1. The van der Waals surface area contributed by atoms with E-state index < -0.39 is 0 Å². The number of pyridine rings is 1.